The number of carbonyl (C=O) groups excluding carboxylic acids is 1. The van der Waals surface area contributed by atoms with Crippen LogP contribution in [0.25, 0.3) is 10.9 Å². The first-order valence-corrected chi connectivity index (χ1v) is 7.37. The molecule has 20 heavy (non-hydrogen) atoms. The summed E-state index contributed by atoms with van der Waals surface area (Å²) in [6.07, 6.45) is 4.71. The monoisotopic (exact) mass is 384 g/mol. The first-order chi connectivity index (χ1) is 9.56. The van der Waals surface area contributed by atoms with Crippen molar-refractivity contribution in [1.29, 1.82) is 0 Å². The van der Waals surface area contributed by atoms with E-state index in [4.69, 9.17) is 0 Å². The molecular formula is C14H17IN4O. The van der Waals surface area contributed by atoms with Gasteiger partial charge in [-0.05, 0) is 43.8 Å². The molecule has 2 rings (SSSR count). The molecule has 6 heteroatoms. The fraction of sp³-hybridized carbons (Fsp3) is 0.286. The van der Waals surface area contributed by atoms with Gasteiger partial charge in [0.1, 0.15) is 0 Å². The predicted molar refractivity (Wildman–Crippen MR) is 90.7 cm³/mol. The second-order valence-electron chi connectivity index (χ2n) is 4.82. The number of aromatic nitrogens is 1. The highest BCUT2D eigenvalue weighted by molar-refractivity contribution is 14.1. The molecule has 0 saturated carbocycles. The van der Waals surface area contributed by atoms with Crippen LogP contribution in [-0.2, 0) is 6.42 Å². The van der Waals surface area contributed by atoms with Crippen molar-refractivity contribution in [3.8, 4) is 0 Å². The molecule has 0 aliphatic rings. The van der Waals surface area contributed by atoms with E-state index < -0.39 is 0 Å². The number of amides is 1. The van der Waals surface area contributed by atoms with Crippen LogP contribution in [0.3, 0.4) is 0 Å². The predicted octanol–water partition coefficient (Wildman–Crippen LogP) is 2.75. The number of H-pyrrole nitrogens is 1. The molecule has 2 aromatic rings. The van der Waals surface area contributed by atoms with Gasteiger partial charge in [-0.3, -0.25) is 4.79 Å². The van der Waals surface area contributed by atoms with Crippen molar-refractivity contribution in [2.45, 2.75) is 6.42 Å². The van der Waals surface area contributed by atoms with E-state index in [1.807, 2.05) is 12.1 Å². The number of nitrogens with one attached hydrogen (secondary N) is 2. The van der Waals surface area contributed by atoms with Crippen molar-refractivity contribution in [1.82, 2.24) is 15.3 Å². The van der Waals surface area contributed by atoms with Crippen molar-refractivity contribution in [2.75, 3.05) is 20.6 Å². The molecule has 0 aliphatic heterocycles. The maximum absolute atomic E-state index is 10.8. The number of likely N-dealkylation sites (N-methyl/N-ethyl adjacent to an activating group) is 1. The van der Waals surface area contributed by atoms with Gasteiger partial charge in [-0.25, -0.2) is 5.43 Å². The zero-order chi connectivity index (χ0) is 14.5. The van der Waals surface area contributed by atoms with Crippen LogP contribution >= 0.6 is 22.6 Å². The van der Waals surface area contributed by atoms with Crippen molar-refractivity contribution >= 4 is 43.6 Å². The van der Waals surface area contributed by atoms with Gasteiger partial charge < -0.3 is 9.88 Å². The Kier molecular flexibility index (Phi) is 5.13. The van der Waals surface area contributed by atoms with Crippen LogP contribution in [0.2, 0.25) is 0 Å². The number of halogens is 1. The van der Waals surface area contributed by atoms with Gasteiger partial charge in [0.25, 0.3) is 0 Å². The van der Waals surface area contributed by atoms with E-state index in [0.29, 0.717) is 0 Å². The summed E-state index contributed by atoms with van der Waals surface area (Å²) < 4.78 is -0.201. The number of benzene rings is 1. The maximum Gasteiger partial charge on any atom is 0.300 e. The molecule has 1 amide bonds. The third-order valence-electron chi connectivity index (χ3n) is 2.99. The minimum Gasteiger partial charge on any atom is -0.361 e. The van der Waals surface area contributed by atoms with Crippen molar-refractivity contribution in [3.05, 3.63) is 35.5 Å². The van der Waals surface area contributed by atoms with E-state index >= 15 is 0 Å². The summed E-state index contributed by atoms with van der Waals surface area (Å²) in [5.74, 6) is 0. The van der Waals surface area contributed by atoms with Crippen LogP contribution in [0, 0.1) is 0 Å². The zero-order valence-corrected chi connectivity index (χ0v) is 13.6. The molecule has 5 nitrogen and oxygen atoms in total. The lowest BCUT2D eigenvalue weighted by atomic mass is 10.1. The molecule has 1 heterocycles. The summed E-state index contributed by atoms with van der Waals surface area (Å²) in [5, 5.41) is 5.09. The lowest BCUT2D eigenvalue weighted by Crippen LogP contribution is -2.14. The van der Waals surface area contributed by atoms with Crippen LogP contribution in [0.15, 0.2) is 29.5 Å². The molecule has 0 bridgehead atoms. The van der Waals surface area contributed by atoms with Crippen LogP contribution in [0.4, 0.5) is 4.79 Å². The Labute approximate surface area is 131 Å². The van der Waals surface area contributed by atoms with Crippen LogP contribution in [0.1, 0.15) is 11.1 Å². The Bertz CT molecular complexity index is 633. The highest BCUT2D eigenvalue weighted by Gasteiger charge is 2.04. The van der Waals surface area contributed by atoms with Gasteiger partial charge in [0.05, 0.1) is 6.21 Å². The van der Waals surface area contributed by atoms with E-state index in [9.17, 15) is 4.79 Å². The smallest absolute Gasteiger partial charge is 0.300 e. The largest absolute Gasteiger partial charge is 0.361 e. The minimum absolute atomic E-state index is 0.201. The van der Waals surface area contributed by atoms with E-state index in [1.54, 1.807) is 28.8 Å². The molecule has 106 valence electrons. The first kappa shape index (κ1) is 15.0. The molecule has 0 spiro atoms. The molecule has 0 atom stereocenters. The van der Waals surface area contributed by atoms with Crippen molar-refractivity contribution < 1.29 is 4.79 Å². The molecule has 0 saturated heterocycles. The van der Waals surface area contributed by atoms with Gasteiger partial charge in [0.2, 0.25) is 0 Å². The highest BCUT2D eigenvalue weighted by Crippen LogP contribution is 2.20. The number of hydrogen-bond donors (Lipinski definition) is 2. The Balaban J connectivity index is 2.20. The number of aromatic amines is 1. The zero-order valence-electron chi connectivity index (χ0n) is 11.5. The van der Waals surface area contributed by atoms with Crippen LogP contribution in [-0.4, -0.2) is 40.7 Å². The Morgan fingerprint density at radius 3 is 3.00 bits per heavy atom. The summed E-state index contributed by atoms with van der Waals surface area (Å²) >= 11 is 1.65. The fourth-order valence-electron chi connectivity index (χ4n) is 1.98. The summed E-state index contributed by atoms with van der Waals surface area (Å²) in [6.45, 7) is 1.01. The number of carbonyl (C=O) groups is 1. The molecule has 1 aromatic carbocycles. The average Bonchev–Trinajstić information content (AvgIpc) is 2.78. The lowest BCUT2D eigenvalue weighted by molar-refractivity contribution is 0.263. The van der Waals surface area contributed by atoms with Gasteiger partial charge in [-0.2, -0.15) is 5.10 Å². The number of nitrogens with zero attached hydrogens (tertiary/aromatic N) is 2. The fourth-order valence-corrected chi connectivity index (χ4v) is 2.12. The molecule has 0 fully saturated rings. The third kappa shape index (κ3) is 4.04. The second-order valence-corrected chi connectivity index (χ2v) is 5.80. The average molecular weight is 384 g/mol. The van der Waals surface area contributed by atoms with E-state index in [0.717, 1.165) is 24.0 Å². The van der Waals surface area contributed by atoms with Crippen molar-refractivity contribution in [2.24, 2.45) is 5.10 Å². The molecular weight excluding hydrogens is 367 g/mol. The molecule has 0 aliphatic carbocycles. The quantitative estimate of drug-likeness (QED) is 0.274. The Morgan fingerprint density at radius 1 is 1.50 bits per heavy atom. The number of fused-ring (bicyclic) bond motifs is 1. The molecule has 1 aromatic heterocycles. The first-order valence-electron chi connectivity index (χ1n) is 6.29. The van der Waals surface area contributed by atoms with Gasteiger partial charge in [0.15, 0.2) is 0 Å². The van der Waals surface area contributed by atoms with Gasteiger partial charge in [-0.1, -0.05) is 6.07 Å². The van der Waals surface area contributed by atoms with E-state index in [2.05, 4.69) is 46.8 Å². The number of hydrogen-bond acceptors (Lipinski definition) is 3. The normalized spacial score (nSPS) is 11.6. The van der Waals surface area contributed by atoms with E-state index in [1.165, 1.54) is 10.9 Å². The topological polar surface area (TPSA) is 60.5 Å². The maximum atomic E-state index is 10.8. The van der Waals surface area contributed by atoms with Gasteiger partial charge in [0, 0.05) is 46.2 Å². The highest BCUT2D eigenvalue weighted by atomic mass is 127. The summed E-state index contributed by atoms with van der Waals surface area (Å²) in [7, 11) is 4.14. The minimum atomic E-state index is -0.201. The number of hydrazone groups is 1. The standard InChI is InChI=1S/C14H17IN4O/c1-19(2)6-5-11-9-16-13-4-3-10(7-12(11)13)8-17-18-14(15)20/h3-4,7-9,16H,5-6H2,1-2H3,(H,18,20)/b17-8+. The SMILES string of the molecule is CN(C)CCc1c[nH]c2ccc(/C=N/NC(=O)I)cc12. The van der Waals surface area contributed by atoms with Gasteiger partial charge >= 0.3 is 3.91 Å². The van der Waals surface area contributed by atoms with Crippen molar-refractivity contribution in [3.63, 3.8) is 0 Å². The van der Waals surface area contributed by atoms with E-state index in [-0.39, 0.29) is 3.91 Å². The number of rotatable bonds is 5. The summed E-state index contributed by atoms with van der Waals surface area (Å²) in [6, 6.07) is 6.08. The van der Waals surface area contributed by atoms with Crippen LogP contribution < -0.4 is 5.43 Å². The summed E-state index contributed by atoms with van der Waals surface area (Å²) in [5.41, 5.74) is 5.77. The summed E-state index contributed by atoms with van der Waals surface area (Å²) in [4.78, 5) is 16.2. The molecule has 0 unspecified atom stereocenters. The lowest BCUT2D eigenvalue weighted by Gasteiger charge is -2.08. The molecule has 0 radical (unpaired) electrons. The Morgan fingerprint density at radius 2 is 2.30 bits per heavy atom. The third-order valence-corrected chi connectivity index (χ3v) is 3.23. The Hall–Kier alpha value is -1.41. The second kappa shape index (κ2) is 6.85. The van der Waals surface area contributed by atoms with Crippen LogP contribution in [0.5, 0.6) is 0 Å². The van der Waals surface area contributed by atoms with Gasteiger partial charge in [-0.15, -0.1) is 0 Å². The molecule has 2 N–H and O–H groups in total.